The smallest absolute Gasteiger partial charge is 0.277 e. The molecule has 0 saturated heterocycles. The number of hydrogen-bond donors (Lipinski definition) is 4. The van der Waals surface area contributed by atoms with E-state index in [1.807, 2.05) is 85.0 Å². The van der Waals surface area contributed by atoms with Gasteiger partial charge in [0.05, 0.1) is 63.7 Å². The topological polar surface area (TPSA) is 223 Å². The average molecular weight is 1060 g/mol. The molecule has 0 radical (unpaired) electrons. The lowest BCUT2D eigenvalue weighted by atomic mass is 9.83. The fourth-order valence-electron chi connectivity index (χ4n) is 9.41. The molecule has 77 heavy (non-hydrogen) atoms. The van der Waals surface area contributed by atoms with Crippen LogP contribution in [-0.2, 0) is 66.2 Å². The van der Waals surface area contributed by atoms with E-state index >= 15 is 0 Å². The van der Waals surface area contributed by atoms with Crippen molar-refractivity contribution in [3.05, 3.63) is 107 Å². The van der Waals surface area contributed by atoms with Gasteiger partial charge in [0.25, 0.3) is 5.91 Å². The van der Waals surface area contributed by atoms with Crippen molar-refractivity contribution in [1.82, 2.24) is 35.3 Å². The minimum absolute atomic E-state index is 0.139. The van der Waals surface area contributed by atoms with E-state index in [0.717, 1.165) is 61.0 Å². The number of anilines is 2. The number of rotatable bonds is 29. The highest BCUT2D eigenvalue weighted by Crippen LogP contribution is 2.34. The Hall–Kier alpha value is -6.67. The van der Waals surface area contributed by atoms with E-state index in [0.29, 0.717) is 107 Å². The zero-order valence-corrected chi connectivity index (χ0v) is 46.0. The summed E-state index contributed by atoms with van der Waals surface area (Å²) < 4.78 is 36.3. The van der Waals surface area contributed by atoms with E-state index in [1.165, 1.54) is 11.8 Å². The first-order valence-electron chi connectivity index (χ1n) is 27.3. The zero-order chi connectivity index (χ0) is 54.7. The van der Waals surface area contributed by atoms with E-state index < -0.39 is 17.5 Å². The molecule has 19 heteroatoms. The van der Waals surface area contributed by atoms with Crippen LogP contribution < -0.4 is 26.0 Å². The Morgan fingerprint density at radius 3 is 2.31 bits per heavy atom. The number of carbonyl (C=O) groups is 4. The van der Waals surface area contributed by atoms with Gasteiger partial charge in [-0.3, -0.25) is 23.9 Å². The van der Waals surface area contributed by atoms with Crippen LogP contribution in [0.25, 0.3) is 11.5 Å². The van der Waals surface area contributed by atoms with Gasteiger partial charge in [0.15, 0.2) is 5.69 Å². The lowest BCUT2D eigenvalue weighted by Gasteiger charge is -2.42. The minimum atomic E-state index is -0.836. The average Bonchev–Trinajstić information content (AvgIpc) is 4.06. The van der Waals surface area contributed by atoms with Gasteiger partial charge in [0, 0.05) is 57.0 Å². The van der Waals surface area contributed by atoms with Crippen LogP contribution in [0.4, 0.5) is 11.5 Å². The summed E-state index contributed by atoms with van der Waals surface area (Å²) in [6, 6.07) is 15.9. The molecule has 2 aromatic carbocycles. The van der Waals surface area contributed by atoms with Crippen molar-refractivity contribution in [2.45, 2.75) is 118 Å². The largest absolute Gasteiger partial charge is 0.491 e. The van der Waals surface area contributed by atoms with Crippen molar-refractivity contribution in [1.29, 1.82) is 0 Å². The second kappa shape index (κ2) is 28.6. The molecular weight excluding hydrogens is 983 g/mol. The molecule has 4 N–H and O–H groups in total. The summed E-state index contributed by atoms with van der Waals surface area (Å²) in [4.78, 5) is 65.7. The van der Waals surface area contributed by atoms with Gasteiger partial charge in [-0.1, -0.05) is 65.0 Å². The Kier molecular flexibility index (Phi) is 21.6. The van der Waals surface area contributed by atoms with E-state index in [9.17, 15) is 19.2 Å². The number of oxazole rings is 1. The second-order valence-corrected chi connectivity index (χ2v) is 20.8. The van der Waals surface area contributed by atoms with Crippen LogP contribution >= 0.6 is 0 Å². The number of amides is 4. The van der Waals surface area contributed by atoms with Crippen LogP contribution in [0, 0.1) is 11.3 Å². The van der Waals surface area contributed by atoms with Crippen molar-refractivity contribution in [3.63, 3.8) is 0 Å². The maximum absolute atomic E-state index is 14.7. The van der Waals surface area contributed by atoms with Crippen molar-refractivity contribution in [3.8, 4) is 17.2 Å². The number of nitrogens with zero attached hydrogens (tertiary/aromatic N) is 5. The van der Waals surface area contributed by atoms with E-state index in [2.05, 4.69) is 48.5 Å². The van der Waals surface area contributed by atoms with Gasteiger partial charge >= 0.3 is 0 Å². The lowest BCUT2D eigenvalue weighted by Crippen LogP contribution is -2.61. The molecule has 1 aliphatic carbocycles. The van der Waals surface area contributed by atoms with Crippen molar-refractivity contribution in [2.75, 3.05) is 76.6 Å². The molecule has 0 saturated carbocycles. The highest BCUT2D eigenvalue weighted by Gasteiger charge is 2.43. The van der Waals surface area contributed by atoms with Gasteiger partial charge in [0.2, 0.25) is 23.6 Å². The molecule has 4 atom stereocenters. The van der Waals surface area contributed by atoms with Gasteiger partial charge in [0.1, 0.15) is 36.5 Å². The highest BCUT2D eigenvalue weighted by atomic mass is 16.6. The van der Waals surface area contributed by atoms with Crippen LogP contribution in [0.1, 0.15) is 118 Å². The number of fused-ring (bicyclic) bond motifs is 2. The number of aromatic nitrogens is 4. The highest BCUT2D eigenvalue weighted by molar-refractivity contribution is 6.03. The molecule has 1 aliphatic heterocycles. The first-order valence-corrected chi connectivity index (χ1v) is 27.3. The lowest BCUT2D eigenvalue weighted by molar-refractivity contribution is -0.147. The molecule has 0 unspecified atom stereocenters. The summed E-state index contributed by atoms with van der Waals surface area (Å²) in [6.07, 6.45) is 10.8. The van der Waals surface area contributed by atoms with E-state index in [4.69, 9.17) is 28.1 Å². The molecule has 19 nitrogen and oxygen atoms in total. The number of nitrogens with one attached hydrogen (secondary N) is 4. The molecule has 0 spiro atoms. The van der Waals surface area contributed by atoms with Crippen molar-refractivity contribution < 1.29 is 47.3 Å². The van der Waals surface area contributed by atoms with Crippen LogP contribution in [0.3, 0.4) is 0 Å². The molecule has 416 valence electrons. The number of unbranched alkanes of at least 4 members (excludes halogenated alkanes) is 1. The fraction of sp³-hybridized carbons (Fsp3) is 0.534. The summed E-state index contributed by atoms with van der Waals surface area (Å²) in [5.41, 5.74) is 5.91. The molecule has 0 bridgehead atoms. The Morgan fingerprint density at radius 1 is 0.857 bits per heavy atom. The molecule has 4 amide bonds. The third-order valence-electron chi connectivity index (χ3n) is 13.9. The normalized spacial score (nSPS) is 16.0. The van der Waals surface area contributed by atoms with Gasteiger partial charge in [-0.2, -0.15) is 5.10 Å². The maximum Gasteiger partial charge on any atom is 0.277 e. The van der Waals surface area contributed by atoms with Crippen molar-refractivity contribution in [2.24, 2.45) is 18.4 Å². The van der Waals surface area contributed by atoms with Gasteiger partial charge < -0.3 is 54.3 Å². The third-order valence-corrected chi connectivity index (χ3v) is 13.9. The predicted octanol–water partition coefficient (Wildman–Crippen LogP) is 7.65. The van der Waals surface area contributed by atoms with Crippen molar-refractivity contribution >= 4 is 35.1 Å². The number of pyridine rings is 1. The van der Waals surface area contributed by atoms with Crippen LogP contribution in [0.15, 0.2) is 77.7 Å². The third kappa shape index (κ3) is 16.7. The first kappa shape index (κ1) is 58.0. The predicted molar refractivity (Wildman–Crippen MR) is 292 cm³/mol. The second-order valence-electron chi connectivity index (χ2n) is 20.8. The number of carbonyl (C=O) groups excluding carboxylic acids is 4. The van der Waals surface area contributed by atoms with Gasteiger partial charge in [-0.05, 0) is 104 Å². The molecule has 7 rings (SSSR count). The zero-order valence-electron chi connectivity index (χ0n) is 46.0. The molecule has 3 aromatic heterocycles. The number of benzene rings is 2. The molecule has 2 aliphatic rings. The maximum atomic E-state index is 14.7. The Morgan fingerprint density at radius 2 is 1.58 bits per heavy atom. The molecule has 5 aromatic rings. The summed E-state index contributed by atoms with van der Waals surface area (Å²) in [6.45, 7) is 16.3. The molecular formula is C58H79N9O10. The van der Waals surface area contributed by atoms with Crippen LogP contribution in [0.5, 0.6) is 5.75 Å². The summed E-state index contributed by atoms with van der Waals surface area (Å²) in [5, 5.41) is 17.0. The standard InChI is InChI=1S/C58H79N9O10/c1-8-39(3)53(68)64-52(58(4,5)6)57(71)67-36-43-33-44(21-20-41(43)34-50(67)55(70)61-46-19-14-16-40-15-10-11-17-45(40)46)76-32-31-75-30-29-74-28-27-73-26-25-72-24-13-12-18-47-48(37-66(7)65-47)62-54(69)49-38-77-56(63-49)42-22-23-60-51(35-42)59-9-2/h10-11,15,17,20-23,33,35,37-39,46,50,52H,8-9,12-14,16,18-19,24-32,34,36H2,1-7H3,(H,59,60)(H,61,70)(H,62,69)(H,64,68)/t39-,46-,50+,52-/m1/s1. The minimum Gasteiger partial charge on any atom is -0.491 e. The van der Waals surface area contributed by atoms with E-state index in [1.54, 1.807) is 28.0 Å². The Labute approximate surface area is 452 Å². The quantitative estimate of drug-likeness (QED) is 0.0338. The first-order chi connectivity index (χ1) is 37.2. The van der Waals surface area contributed by atoms with Gasteiger partial charge in [-0.15, -0.1) is 0 Å². The fourth-order valence-corrected chi connectivity index (χ4v) is 9.41. The summed E-state index contributed by atoms with van der Waals surface area (Å²) >= 11 is 0. The number of ether oxygens (including phenoxy) is 5. The van der Waals surface area contributed by atoms with Crippen LogP contribution in [0.2, 0.25) is 0 Å². The SMILES string of the molecule is CCNc1cc(-c2nc(C(=O)Nc3cn(C)nc3CCCCOCCOCCOCCOCCOc3ccc4c(c3)CN(C(=O)[C@@H](NC(=O)[C@H](C)CC)C(C)(C)C)[C@H](C(=O)N[C@@H]3CCCc5ccccc53)C4)co2)ccn1. The number of aryl methyl sites for hydroxylation is 3. The monoisotopic (exact) mass is 1060 g/mol. The van der Waals surface area contributed by atoms with E-state index in [-0.39, 0.29) is 47.8 Å². The Bertz CT molecular complexity index is 2720. The Balaban J connectivity index is 0.765. The summed E-state index contributed by atoms with van der Waals surface area (Å²) in [7, 11) is 1.82. The number of hydrogen-bond acceptors (Lipinski definition) is 14. The molecule has 4 heterocycles. The van der Waals surface area contributed by atoms with Gasteiger partial charge in [-0.25, -0.2) is 9.97 Å². The summed E-state index contributed by atoms with van der Waals surface area (Å²) in [5.74, 6) is 0.360. The molecule has 0 fully saturated rings. The van der Waals surface area contributed by atoms with Crippen LogP contribution in [-0.4, -0.2) is 126 Å².